The number of hydrogen-bond acceptors (Lipinski definition) is 7. The van der Waals surface area contributed by atoms with Crippen molar-refractivity contribution in [3.63, 3.8) is 0 Å². The Hall–Kier alpha value is -2.26. The van der Waals surface area contributed by atoms with Gasteiger partial charge in [0.15, 0.2) is 0 Å². The molecule has 38 heavy (non-hydrogen) atoms. The van der Waals surface area contributed by atoms with E-state index in [0.717, 1.165) is 68.0 Å². The summed E-state index contributed by atoms with van der Waals surface area (Å²) in [6.07, 6.45) is 11.0. The van der Waals surface area contributed by atoms with Crippen LogP contribution in [0.25, 0.3) is 0 Å². The molecule has 1 saturated carbocycles. The molecule has 1 amide bonds. The van der Waals surface area contributed by atoms with Crippen molar-refractivity contribution < 1.29 is 14.3 Å². The van der Waals surface area contributed by atoms with Crippen LogP contribution in [0.5, 0.6) is 0 Å². The topological polar surface area (TPSA) is 89.3 Å². The summed E-state index contributed by atoms with van der Waals surface area (Å²) in [6.45, 7) is 7.42. The van der Waals surface area contributed by atoms with Gasteiger partial charge in [0.1, 0.15) is 16.5 Å². The van der Waals surface area contributed by atoms with Crippen molar-refractivity contribution in [2.24, 2.45) is 5.92 Å². The molecule has 2 aromatic rings. The molecule has 3 atom stereocenters. The second-order valence-corrected chi connectivity index (χ2v) is 12.9. The van der Waals surface area contributed by atoms with E-state index in [0.29, 0.717) is 28.9 Å². The van der Waals surface area contributed by atoms with Gasteiger partial charge in [0.2, 0.25) is 5.91 Å². The quantitative estimate of drug-likeness (QED) is 0.419. The standard InChI is InChI=1S/C29H43N5O3S/c1-18(2)27-32-31-19(3)34(27)23-16-21-10-11-22(17-23)33(21)15-14-24(25-12-13-26(38-25)29(36)37-4)30-28(35)20-8-6-5-7-9-20/h12-13,18,20-24H,5-11,14-17H2,1-4H3,(H,30,35)/t21?,22?,23?,24-/m0/s1. The molecule has 2 saturated heterocycles. The number of piperidine rings is 1. The average molecular weight is 542 g/mol. The zero-order valence-corrected chi connectivity index (χ0v) is 24.1. The van der Waals surface area contributed by atoms with E-state index in [1.54, 1.807) is 0 Å². The SMILES string of the molecule is COC(=O)c1ccc([C@H](CCN2C3CCC2CC(n2c(C)nnc2C(C)C)C3)NC(=O)C2CCCCC2)s1. The van der Waals surface area contributed by atoms with Crippen LogP contribution in [0.15, 0.2) is 12.1 Å². The van der Waals surface area contributed by atoms with E-state index in [4.69, 9.17) is 4.74 Å². The fraction of sp³-hybridized carbons (Fsp3) is 0.724. The highest BCUT2D eigenvalue weighted by Crippen LogP contribution is 2.42. The van der Waals surface area contributed by atoms with E-state index in [1.165, 1.54) is 37.7 Å². The summed E-state index contributed by atoms with van der Waals surface area (Å²) in [5.74, 6) is 2.46. The lowest BCUT2D eigenvalue weighted by molar-refractivity contribution is -0.126. The third kappa shape index (κ3) is 5.69. The summed E-state index contributed by atoms with van der Waals surface area (Å²) in [6, 6.07) is 5.28. The summed E-state index contributed by atoms with van der Waals surface area (Å²) < 4.78 is 7.34. The molecule has 2 bridgehead atoms. The Bertz CT molecular complexity index is 1110. The minimum absolute atomic E-state index is 0.0856. The Morgan fingerprint density at radius 1 is 1.05 bits per heavy atom. The molecule has 0 radical (unpaired) electrons. The molecule has 0 aromatic carbocycles. The number of nitrogens with zero attached hydrogens (tertiary/aromatic N) is 4. The van der Waals surface area contributed by atoms with Crippen molar-refractivity contribution in [2.45, 2.75) is 115 Å². The molecule has 3 fully saturated rings. The van der Waals surface area contributed by atoms with Gasteiger partial charge in [-0.25, -0.2) is 4.79 Å². The van der Waals surface area contributed by atoms with Gasteiger partial charge in [-0.2, -0.15) is 0 Å². The number of esters is 1. The van der Waals surface area contributed by atoms with Gasteiger partial charge in [-0.15, -0.1) is 21.5 Å². The third-order valence-electron chi connectivity index (χ3n) is 8.96. The normalized spacial score (nSPS) is 25.0. The molecule has 8 nitrogen and oxygen atoms in total. The number of carbonyl (C=O) groups excluding carboxylic acids is 2. The number of rotatable bonds is 9. The summed E-state index contributed by atoms with van der Waals surface area (Å²) in [4.78, 5) is 29.7. The van der Waals surface area contributed by atoms with Gasteiger partial charge in [0.05, 0.1) is 13.2 Å². The Morgan fingerprint density at radius 2 is 1.76 bits per heavy atom. The molecule has 1 N–H and O–H groups in total. The smallest absolute Gasteiger partial charge is 0.348 e. The maximum atomic E-state index is 13.2. The molecule has 3 aliphatic rings. The van der Waals surface area contributed by atoms with Crippen molar-refractivity contribution in [3.05, 3.63) is 33.5 Å². The van der Waals surface area contributed by atoms with E-state index >= 15 is 0 Å². The molecule has 5 rings (SSSR count). The minimum atomic E-state index is -0.316. The van der Waals surface area contributed by atoms with Gasteiger partial charge in [-0.3, -0.25) is 9.69 Å². The lowest BCUT2D eigenvalue weighted by atomic mass is 9.88. The van der Waals surface area contributed by atoms with Gasteiger partial charge in [-0.05, 0) is 64.0 Å². The zero-order valence-electron chi connectivity index (χ0n) is 23.3. The van der Waals surface area contributed by atoms with Gasteiger partial charge in [-0.1, -0.05) is 33.1 Å². The average Bonchev–Trinajstić information content (AvgIpc) is 3.62. The molecule has 9 heteroatoms. The van der Waals surface area contributed by atoms with Crippen molar-refractivity contribution >= 4 is 23.2 Å². The molecular formula is C29H43N5O3S. The predicted octanol–water partition coefficient (Wildman–Crippen LogP) is 5.55. The van der Waals surface area contributed by atoms with Gasteiger partial charge in [0, 0.05) is 41.4 Å². The molecule has 0 spiro atoms. The summed E-state index contributed by atoms with van der Waals surface area (Å²) in [5, 5.41) is 12.3. The van der Waals surface area contributed by atoms with Crippen LogP contribution in [0.3, 0.4) is 0 Å². The fourth-order valence-corrected chi connectivity index (χ4v) is 8.03. The fourth-order valence-electron chi connectivity index (χ4n) is 7.02. The lowest BCUT2D eigenvalue weighted by Gasteiger charge is -2.40. The first-order valence-corrected chi connectivity index (χ1v) is 15.3. The summed E-state index contributed by atoms with van der Waals surface area (Å²) in [7, 11) is 1.41. The number of hydrogen-bond donors (Lipinski definition) is 1. The van der Waals surface area contributed by atoms with Crippen molar-refractivity contribution in [3.8, 4) is 0 Å². The van der Waals surface area contributed by atoms with Crippen LogP contribution < -0.4 is 5.32 Å². The van der Waals surface area contributed by atoms with Crippen molar-refractivity contribution in [1.29, 1.82) is 0 Å². The van der Waals surface area contributed by atoms with Gasteiger partial charge >= 0.3 is 5.97 Å². The van der Waals surface area contributed by atoms with Crippen LogP contribution in [0.4, 0.5) is 0 Å². The van der Waals surface area contributed by atoms with Gasteiger partial charge in [0.25, 0.3) is 0 Å². The first kappa shape index (κ1) is 27.3. The van der Waals surface area contributed by atoms with E-state index in [2.05, 4.69) is 45.8 Å². The van der Waals surface area contributed by atoms with Crippen molar-refractivity contribution in [2.75, 3.05) is 13.7 Å². The van der Waals surface area contributed by atoms with E-state index in [9.17, 15) is 9.59 Å². The summed E-state index contributed by atoms with van der Waals surface area (Å²) in [5.41, 5.74) is 0. The number of fused-ring (bicyclic) bond motifs is 2. The number of nitrogens with one attached hydrogen (secondary N) is 1. The van der Waals surface area contributed by atoms with Crippen LogP contribution in [0, 0.1) is 12.8 Å². The van der Waals surface area contributed by atoms with E-state index in [1.807, 2.05) is 12.1 Å². The lowest BCUT2D eigenvalue weighted by Crippen LogP contribution is -2.45. The molecular weight excluding hydrogens is 498 g/mol. The highest BCUT2D eigenvalue weighted by Gasteiger charge is 2.42. The Kier molecular flexibility index (Phi) is 8.53. The van der Waals surface area contributed by atoms with Crippen LogP contribution in [-0.4, -0.2) is 57.3 Å². The Labute approximate surface area is 230 Å². The number of ether oxygens (including phenoxy) is 1. The number of thiophene rings is 1. The molecule has 2 unspecified atom stereocenters. The minimum Gasteiger partial charge on any atom is -0.465 e. The van der Waals surface area contributed by atoms with E-state index < -0.39 is 0 Å². The van der Waals surface area contributed by atoms with Gasteiger partial charge < -0.3 is 14.6 Å². The first-order chi connectivity index (χ1) is 18.4. The number of methoxy groups -OCH3 is 1. The monoisotopic (exact) mass is 541 g/mol. The number of aryl methyl sites for hydroxylation is 1. The van der Waals surface area contributed by atoms with Crippen LogP contribution in [0.1, 0.15) is 122 Å². The van der Waals surface area contributed by atoms with Crippen molar-refractivity contribution in [1.82, 2.24) is 25.0 Å². The highest BCUT2D eigenvalue weighted by atomic mass is 32.1. The second kappa shape index (κ2) is 11.9. The maximum Gasteiger partial charge on any atom is 0.348 e. The number of carbonyl (C=O) groups is 2. The molecule has 2 aliphatic heterocycles. The summed E-state index contributed by atoms with van der Waals surface area (Å²) >= 11 is 1.45. The highest BCUT2D eigenvalue weighted by molar-refractivity contribution is 7.14. The van der Waals surface area contributed by atoms with Crippen LogP contribution in [0.2, 0.25) is 0 Å². The molecule has 208 valence electrons. The third-order valence-corrected chi connectivity index (χ3v) is 10.1. The van der Waals surface area contributed by atoms with Crippen LogP contribution >= 0.6 is 11.3 Å². The van der Waals surface area contributed by atoms with E-state index in [-0.39, 0.29) is 23.8 Å². The first-order valence-electron chi connectivity index (χ1n) is 14.5. The molecule has 1 aliphatic carbocycles. The zero-order chi connectivity index (χ0) is 26.8. The largest absolute Gasteiger partial charge is 0.465 e. The number of amides is 1. The molecule has 4 heterocycles. The Morgan fingerprint density at radius 3 is 2.42 bits per heavy atom. The second-order valence-electron chi connectivity index (χ2n) is 11.8. The predicted molar refractivity (Wildman–Crippen MR) is 148 cm³/mol. The Balaban J connectivity index is 1.28. The van der Waals surface area contributed by atoms with Crippen LogP contribution in [-0.2, 0) is 9.53 Å². The maximum absolute atomic E-state index is 13.2. The molecule has 2 aromatic heterocycles. The number of aromatic nitrogens is 3.